The Bertz CT molecular complexity index is 1320. The number of aromatic nitrogens is 5. The second-order valence-electron chi connectivity index (χ2n) is 8.64. The molecule has 172 valence electrons. The highest BCUT2D eigenvalue weighted by atomic mass is 19.3. The molecular formula is C23H22F3N5O2. The van der Waals surface area contributed by atoms with Gasteiger partial charge in [0.05, 0.1) is 29.5 Å². The van der Waals surface area contributed by atoms with Crippen LogP contribution in [-0.4, -0.2) is 35.9 Å². The number of Topliss-reactive ketones (excluding diaryl/α,β-unsaturated/α-hetero) is 1. The van der Waals surface area contributed by atoms with Crippen molar-refractivity contribution in [1.82, 2.24) is 24.5 Å². The average molecular weight is 457 g/mol. The number of rotatable bonds is 5. The Labute approximate surface area is 187 Å². The molecule has 0 N–H and O–H groups in total. The number of ketones is 1. The molecule has 0 aliphatic heterocycles. The summed E-state index contributed by atoms with van der Waals surface area (Å²) >= 11 is 0. The number of carbonyl (C=O) groups excluding carboxylic acids is 1. The molecule has 10 heteroatoms. The number of aryl methyl sites for hydroxylation is 2. The topological polar surface area (TPSA) is 78.7 Å². The molecule has 7 nitrogen and oxygen atoms in total. The summed E-state index contributed by atoms with van der Waals surface area (Å²) in [5.41, 5.74) is 2.99. The zero-order valence-electron chi connectivity index (χ0n) is 18.2. The summed E-state index contributed by atoms with van der Waals surface area (Å²) in [5.74, 6) is 0.709. The van der Waals surface area contributed by atoms with Gasteiger partial charge in [0.1, 0.15) is 17.2 Å². The monoisotopic (exact) mass is 457 g/mol. The van der Waals surface area contributed by atoms with Crippen LogP contribution < -0.4 is 0 Å². The van der Waals surface area contributed by atoms with Gasteiger partial charge in [-0.05, 0) is 32.8 Å². The minimum absolute atomic E-state index is 0.0342. The number of alkyl halides is 3. The van der Waals surface area contributed by atoms with E-state index < -0.39 is 12.2 Å². The minimum Gasteiger partial charge on any atom is -0.361 e. The van der Waals surface area contributed by atoms with Crippen LogP contribution in [0.3, 0.4) is 0 Å². The third-order valence-electron chi connectivity index (χ3n) is 6.31. The van der Waals surface area contributed by atoms with Crippen molar-refractivity contribution in [2.45, 2.75) is 58.3 Å². The summed E-state index contributed by atoms with van der Waals surface area (Å²) in [6, 6.07) is 1.88. The number of hydrogen-bond acceptors (Lipinski definition) is 5. The second-order valence-corrected chi connectivity index (χ2v) is 8.64. The molecule has 1 aliphatic rings. The quantitative estimate of drug-likeness (QED) is 0.400. The van der Waals surface area contributed by atoms with Gasteiger partial charge in [-0.3, -0.25) is 9.78 Å². The van der Waals surface area contributed by atoms with Crippen LogP contribution in [0.1, 0.15) is 43.7 Å². The van der Waals surface area contributed by atoms with Crippen LogP contribution in [0, 0.1) is 13.8 Å². The molecule has 0 amide bonds. The SMILES string of the molecule is Cc1noc(C)c1-c1cnc2c(-c3cnn(C(F)F)c3)cn(CC3(F)CCC(=O)CC3)c2c1. The number of fused-ring (bicyclic) bond motifs is 1. The Balaban J connectivity index is 1.64. The van der Waals surface area contributed by atoms with Crippen LogP contribution in [0.5, 0.6) is 0 Å². The van der Waals surface area contributed by atoms with E-state index in [1.807, 2.05) is 13.0 Å². The van der Waals surface area contributed by atoms with Crippen molar-refractivity contribution in [3.63, 3.8) is 0 Å². The third kappa shape index (κ3) is 3.83. The fourth-order valence-corrected chi connectivity index (χ4v) is 4.56. The van der Waals surface area contributed by atoms with Crippen molar-refractivity contribution in [2.24, 2.45) is 0 Å². The lowest BCUT2D eigenvalue weighted by Crippen LogP contribution is -2.34. The zero-order chi connectivity index (χ0) is 23.3. The smallest absolute Gasteiger partial charge is 0.333 e. The molecule has 4 aromatic rings. The Hall–Kier alpha value is -3.43. The molecule has 0 spiro atoms. The van der Waals surface area contributed by atoms with Gasteiger partial charge in [-0.1, -0.05) is 5.16 Å². The summed E-state index contributed by atoms with van der Waals surface area (Å²) in [6.07, 6.45) is 6.72. The molecule has 0 bridgehead atoms. The Morgan fingerprint density at radius 2 is 1.91 bits per heavy atom. The van der Waals surface area contributed by atoms with Gasteiger partial charge in [0.2, 0.25) is 0 Å². The molecule has 1 fully saturated rings. The number of hydrogen-bond donors (Lipinski definition) is 0. The highest BCUT2D eigenvalue weighted by molar-refractivity contribution is 5.94. The fourth-order valence-electron chi connectivity index (χ4n) is 4.56. The molecular weight excluding hydrogens is 435 g/mol. The lowest BCUT2D eigenvalue weighted by Gasteiger charge is -2.29. The number of nitrogens with zero attached hydrogens (tertiary/aromatic N) is 5. The van der Waals surface area contributed by atoms with E-state index in [2.05, 4.69) is 15.2 Å². The minimum atomic E-state index is -2.76. The van der Waals surface area contributed by atoms with E-state index >= 15 is 4.39 Å². The van der Waals surface area contributed by atoms with Gasteiger partial charge in [-0.15, -0.1) is 0 Å². The molecule has 1 aliphatic carbocycles. The van der Waals surface area contributed by atoms with Crippen molar-refractivity contribution < 1.29 is 22.5 Å². The van der Waals surface area contributed by atoms with E-state index in [1.54, 1.807) is 23.9 Å². The summed E-state index contributed by atoms with van der Waals surface area (Å²) in [6.45, 7) is 0.903. The van der Waals surface area contributed by atoms with Gasteiger partial charge < -0.3 is 9.09 Å². The normalized spacial score (nSPS) is 16.2. The summed E-state index contributed by atoms with van der Waals surface area (Å²) in [5, 5.41) is 7.72. The first-order valence-electron chi connectivity index (χ1n) is 10.7. The molecule has 1 saturated carbocycles. The van der Waals surface area contributed by atoms with Crippen LogP contribution in [0.2, 0.25) is 0 Å². The Morgan fingerprint density at radius 3 is 2.55 bits per heavy atom. The lowest BCUT2D eigenvalue weighted by atomic mass is 9.85. The van der Waals surface area contributed by atoms with E-state index in [-0.39, 0.29) is 38.0 Å². The third-order valence-corrected chi connectivity index (χ3v) is 6.31. The second kappa shape index (κ2) is 7.86. The van der Waals surface area contributed by atoms with Crippen LogP contribution in [0.15, 0.2) is 35.4 Å². The van der Waals surface area contributed by atoms with Gasteiger partial charge in [0, 0.05) is 53.7 Å². The molecule has 0 radical (unpaired) electrons. The number of pyridine rings is 1. The first-order valence-corrected chi connectivity index (χ1v) is 10.7. The van der Waals surface area contributed by atoms with E-state index in [1.165, 1.54) is 12.4 Å². The van der Waals surface area contributed by atoms with Gasteiger partial charge >= 0.3 is 6.55 Å². The number of carbonyl (C=O) groups is 1. The van der Waals surface area contributed by atoms with Crippen molar-refractivity contribution in [2.75, 3.05) is 0 Å². The van der Waals surface area contributed by atoms with Crippen LogP contribution >= 0.6 is 0 Å². The fraction of sp³-hybridized carbons (Fsp3) is 0.391. The molecule has 0 saturated heterocycles. The molecule has 5 rings (SSSR count). The highest BCUT2D eigenvalue weighted by Gasteiger charge is 2.35. The summed E-state index contributed by atoms with van der Waals surface area (Å²) in [4.78, 5) is 16.2. The maximum atomic E-state index is 15.6. The van der Waals surface area contributed by atoms with E-state index in [4.69, 9.17) is 4.52 Å². The Kier molecular flexibility index (Phi) is 5.10. The van der Waals surface area contributed by atoms with E-state index in [0.717, 1.165) is 11.1 Å². The van der Waals surface area contributed by atoms with Gasteiger partial charge in [-0.25, -0.2) is 9.07 Å². The van der Waals surface area contributed by atoms with Crippen LogP contribution in [0.25, 0.3) is 33.3 Å². The van der Waals surface area contributed by atoms with Gasteiger partial charge in [0.25, 0.3) is 0 Å². The van der Waals surface area contributed by atoms with E-state index in [9.17, 15) is 13.6 Å². The van der Waals surface area contributed by atoms with Gasteiger partial charge in [0.15, 0.2) is 0 Å². The average Bonchev–Trinajstić information content (AvgIpc) is 3.48. The van der Waals surface area contributed by atoms with Gasteiger partial charge in [-0.2, -0.15) is 13.9 Å². The maximum Gasteiger partial charge on any atom is 0.333 e. The molecule has 0 atom stereocenters. The van der Waals surface area contributed by atoms with Crippen molar-refractivity contribution in [3.05, 3.63) is 42.3 Å². The summed E-state index contributed by atoms with van der Waals surface area (Å²) < 4.78 is 49.4. The summed E-state index contributed by atoms with van der Waals surface area (Å²) in [7, 11) is 0. The first-order chi connectivity index (χ1) is 15.7. The Morgan fingerprint density at radius 1 is 1.15 bits per heavy atom. The predicted octanol–water partition coefficient (Wildman–Crippen LogP) is 5.42. The van der Waals surface area contributed by atoms with Crippen molar-refractivity contribution >= 4 is 16.8 Å². The molecule has 33 heavy (non-hydrogen) atoms. The van der Waals surface area contributed by atoms with Crippen LogP contribution in [0.4, 0.5) is 13.2 Å². The number of halogens is 3. The molecule has 0 unspecified atom stereocenters. The predicted molar refractivity (Wildman–Crippen MR) is 114 cm³/mol. The van der Waals surface area contributed by atoms with Crippen molar-refractivity contribution in [3.8, 4) is 22.3 Å². The molecule has 4 aromatic heterocycles. The maximum absolute atomic E-state index is 15.6. The highest BCUT2D eigenvalue weighted by Crippen LogP contribution is 2.37. The van der Waals surface area contributed by atoms with E-state index in [0.29, 0.717) is 38.3 Å². The first kappa shape index (κ1) is 21.4. The standard InChI is InChI=1S/C23H22F3N5O2/c1-13-20(14(2)33-29-13)15-7-19-21(27-8-15)18(16-9-28-31(10-16)22(24)25)11-30(19)12-23(26)5-3-17(32)4-6-23/h7-11,22H,3-6,12H2,1-2H3. The zero-order valence-corrected chi connectivity index (χ0v) is 18.2. The van der Waals surface area contributed by atoms with Crippen LogP contribution in [-0.2, 0) is 11.3 Å². The largest absolute Gasteiger partial charge is 0.361 e. The van der Waals surface area contributed by atoms with Crippen molar-refractivity contribution in [1.29, 1.82) is 0 Å². The molecule has 0 aromatic carbocycles. The molecule has 4 heterocycles. The lowest BCUT2D eigenvalue weighted by molar-refractivity contribution is -0.123.